The molecule has 1 heterocycles. The smallest absolute Gasteiger partial charge is 0.257 e. The zero-order valence-electron chi connectivity index (χ0n) is 15.9. The number of hydrogen-bond donors (Lipinski definition) is 1. The number of para-hydroxylation sites is 2. The number of ether oxygens (including phenoxy) is 1. The molecule has 0 atom stereocenters. The van der Waals surface area contributed by atoms with Gasteiger partial charge in [0.2, 0.25) is 0 Å². The lowest BCUT2D eigenvalue weighted by atomic mass is 10.1. The molecule has 0 fully saturated rings. The lowest BCUT2D eigenvalue weighted by molar-refractivity contribution is -0.123. The molecule has 0 saturated carbocycles. The van der Waals surface area contributed by atoms with Crippen molar-refractivity contribution in [3.63, 3.8) is 0 Å². The molecule has 0 radical (unpaired) electrons. The Kier molecular flexibility index (Phi) is 5.76. The van der Waals surface area contributed by atoms with Crippen molar-refractivity contribution in [3.05, 3.63) is 90.6 Å². The highest BCUT2D eigenvalue weighted by molar-refractivity contribution is 5.78. The van der Waals surface area contributed by atoms with Crippen LogP contribution in [0.4, 0.5) is 0 Å². The molecule has 3 aromatic carbocycles. The van der Waals surface area contributed by atoms with E-state index in [1.165, 1.54) is 5.56 Å². The third-order valence-corrected chi connectivity index (χ3v) is 4.55. The van der Waals surface area contributed by atoms with Crippen LogP contribution in [0.1, 0.15) is 5.56 Å². The maximum absolute atomic E-state index is 12.0. The number of hydrogen-bond acceptors (Lipinski definition) is 4. The van der Waals surface area contributed by atoms with E-state index in [9.17, 15) is 4.79 Å². The van der Waals surface area contributed by atoms with E-state index in [-0.39, 0.29) is 12.5 Å². The van der Waals surface area contributed by atoms with Gasteiger partial charge < -0.3 is 10.1 Å². The molecule has 0 saturated heterocycles. The van der Waals surface area contributed by atoms with E-state index in [1.807, 2.05) is 78.9 Å². The minimum absolute atomic E-state index is 0.0100. The molecule has 1 N–H and O–H groups in total. The molecule has 5 heteroatoms. The normalized spacial score (nSPS) is 10.6. The molecular formula is C24H21N3O2. The van der Waals surface area contributed by atoms with Crippen LogP contribution in [0.15, 0.2) is 85.1 Å². The van der Waals surface area contributed by atoms with Gasteiger partial charge in [0.25, 0.3) is 5.91 Å². The summed E-state index contributed by atoms with van der Waals surface area (Å²) >= 11 is 0. The van der Waals surface area contributed by atoms with Crippen LogP contribution >= 0.6 is 0 Å². The number of carbonyl (C=O) groups is 1. The maximum Gasteiger partial charge on any atom is 0.257 e. The van der Waals surface area contributed by atoms with Crippen LogP contribution in [0.2, 0.25) is 0 Å². The van der Waals surface area contributed by atoms with E-state index in [0.717, 1.165) is 28.7 Å². The maximum atomic E-state index is 12.0. The van der Waals surface area contributed by atoms with Gasteiger partial charge in [-0.1, -0.05) is 42.5 Å². The number of rotatable bonds is 7. The molecule has 0 aliphatic carbocycles. The highest BCUT2D eigenvalue weighted by Gasteiger charge is 2.05. The van der Waals surface area contributed by atoms with Crippen molar-refractivity contribution in [3.8, 4) is 17.0 Å². The fourth-order valence-electron chi connectivity index (χ4n) is 3.01. The van der Waals surface area contributed by atoms with Crippen molar-refractivity contribution >= 4 is 16.9 Å². The Morgan fingerprint density at radius 1 is 0.862 bits per heavy atom. The quantitative estimate of drug-likeness (QED) is 0.523. The van der Waals surface area contributed by atoms with E-state index in [1.54, 1.807) is 6.20 Å². The molecule has 4 aromatic rings. The van der Waals surface area contributed by atoms with Gasteiger partial charge in [-0.2, -0.15) is 0 Å². The molecule has 0 unspecified atom stereocenters. The van der Waals surface area contributed by atoms with Crippen molar-refractivity contribution in [1.82, 2.24) is 15.3 Å². The lowest BCUT2D eigenvalue weighted by Gasteiger charge is -2.08. The van der Waals surface area contributed by atoms with Gasteiger partial charge in [0.05, 0.1) is 22.9 Å². The lowest BCUT2D eigenvalue weighted by Crippen LogP contribution is -2.30. The van der Waals surface area contributed by atoms with E-state index in [0.29, 0.717) is 12.3 Å². The number of amides is 1. The molecule has 0 spiro atoms. The Bertz CT molecular complexity index is 1100. The number of carbonyl (C=O) groups excluding carboxylic acids is 1. The third-order valence-electron chi connectivity index (χ3n) is 4.55. The molecule has 1 aromatic heterocycles. The Labute approximate surface area is 169 Å². The summed E-state index contributed by atoms with van der Waals surface area (Å²) in [6.45, 7) is 0.579. The molecule has 5 nitrogen and oxygen atoms in total. The summed E-state index contributed by atoms with van der Waals surface area (Å²) < 4.78 is 5.58. The van der Waals surface area contributed by atoms with E-state index in [4.69, 9.17) is 4.74 Å². The molecule has 4 rings (SSSR count). The van der Waals surface area contributed by atoms with E-state index in [2.05, 4.69) is 15.3 Å². The fraction of sp³-hybridized carbons (Fsp3) is 0.125. The first-order valence-electron chi connectivity index (χ1n) is 9.53. The van der Waals surface area contributed by atoms with Gasteiger partial charge in [-0.25, -0.2) is 4.98 Å². The second-order valence-electron chi connectivity index (χ2n) is 6.64. The van der Waals surface area contributed by atoms with Crippen LogP contribution in [-0.4, -0.2) is 29.0 Å². The summed E-state index contributed by atoms with van der Waals surface area (Å²) in [4.78, 5) is 21.0. The van der Waals surface area contributed by atoms with Crippen LogP contribution < -0.4 is 10.1 Å². The second kappa shape index (κ2) is 8.97. The van der Waals surface area contributed by atoms with E-state index >= 15 is 0 Å². The Hall–Kier alpha value is -3.73. The zero-order valence-corrected chi connectivity index (χ0v) is 15.9. The summed E-state index contributed by atoms with van der Waals surface area (Å²) in [5, 5.41) is 2.87. The molecule has 1 amide bonds. The molecule has 29 heavy (non-hydrogen) atoms. The van der Waals surface area contributed by atoms with Crippen molar-refractivity contribution in [2.75, 3.05) is 13.2 Å². The SMILES string of the molecule is O=C(COc1ccc(-c2cnc3ccccc3n2)cc1)NCCc1ccccc1. The minimum atomic E-state index is -0.134. The van der Waals surface area contributed by atoms with Crippen LogP contribution in [0.3, 0.4) is 0 Å². The summed E-state index contributed by atoms with van der Waals surface area (Å²) in [6, 6.07) is 25.3. The van der Waals surface area contributed by atoms with Crippen LogP contribution in [0.25, 0.3) is 22.3 Å². The van der Waals surface area contributed by atoms with E-state index < -0.39 is 0 Å². The first kappa shape index (κ1) is 18.6. The average molecular weight is 383 g/mol. The predicted octanol–water partition coefficient (Wildman–Crippen LogP) is 4.03. The van der Waals surface area contributed by atoms with Gasteiger partial charge in [-0.15, -0.1) is 0 Å². The van der Waals surface area contributed by atoms with Gasteiger partial charge in [-0.05, 0) is 48.4 Å². The molecule has 0 bridgehead atoms. The van der Waals surface area contributed by atoms with Crippen molar-refractivity contribution in [2.45, 2.75) is 6.42 Å². The minimum Gasteiger partial charge on any atom is -0.484 e. The number of fused-ring (bicyclic) bond motifs is 1. The Morgan fingerprint density at radius 2 is 1.59 bits per heavy atom. The van der Waals surface area contributed by atoms with Crippen LogP contribution in [-0.2, 0) is 11.2 Å². The summed E-state index contributed by atoms with van der Waals surface area (Å²) in [5.41, 5.74) is 4.67. The average Bonchev–Trinajstić information content (AvgIpc) is 2.78. The summed E-state index contributed by atoms with van der Waals surface area (Å²) in [6.07, 6.45) is 2.56. The topological polar surface area (TPSA) is 64.1 Å². The van der Waals surface area contributed by atoms with Crippen molar-refractivity contribution in [2.24, 2.45) is 0 Å². The number of nitrogens with zero attached hydrogens (tertiary/aromatic N) is 2. The first-order chi connectivity index (χ1) is 14.3. The summed E-state index contributed by atoms with van der Waals surface area (Å²) in [7, 11) is 0. The second-order valence-corrected chi connectivity index (χ2v) is 6.64. The van der Waals surface area contributed by atoms with Gasteiger partial charge in [0.1, 0.15) is 5.75 Å². The summed E-state index contributed by atoms with van der Waals surface area (Å²) in [5.74, 6) is 0.506. The molecule has 0 aliphatic heterocycles. The molecule has 0 aliphatic rings. The Morgan fingerprint density at radius 3 is 2.38 bits per heavy atom. The van der Waals surface area contributed by atoms with Gasteiger partial charge in [0, 0.05) is 12.1 Å². The Balaban J connectivity index is 1.29. The standard InChI is InChI=1S/C24H21N3O2/c28-24(25-15-14-18-6-2-1-3-7-18)17-29-20-12-10-19(11-13-20)23-16-26-21-8-4-5-9-22(21)27-23/h1-13,16H,14-15,17H2,(H,25,28). The number of aromatic nitrogens is 2. The largest absolute Gasteiger partial charge is 0.484 e. The monoisotopic (exact) mass is 383 g/mol. The first-order valence-corrected chi connectivity index (χ1v) is 9.53. The molecular weight excluding hydrogens is 362 g/mol. The van der Waals surface area contributed by atoms with Gasteiger partial charge >= 0.3 is 0 Å². The third kappa shape index (κ3) is 4.96. The highest BCUT2D eigenvalue weighted by Crippen LogP contribution is 2.22. The van der Waals surface area contributed by atoms with Gasteiger partial charge in [0.15, 0.2) is 6.61 Å². The highest BCUT2D eigenvalue weighted by atomic mass is 16.5. The zero-order chi connectivity index (χ0) is 19.9. The number of nitrogens with one attached hydrogen (secondary N) is 1. The predicted molar refractivity (Wildman–Crippen MR) is 114 cm³/mol. The van der Waals surface area contributed by atoms with Gasteiger partial charge in [-0.3, -0.25) is 9.78 Å². The van der Waals surface area contributed by atoms with Crippen LogP contribution in [0, 0.1) is 0 Å². The fourth-order valence-corrected chi connectivity index (χ4v) is 3.01. The number of benzene rings is 3. The van der Waals surface area contributed by atoms with Crippen LogP contribution in [0.5, 0.6) is 5.75 Å². The van der Waals surface area contributed by atoms with Crippen molar-refractivity contribution < 1.29 is 9.53 Å². The van der Waals surface area contributed by atoms with Crippen molar-refractivity contribution in [1.29, 1.82) is 0 Å². The molecule has 144 valence electrons.